The second-order valence-corrected chi connectivity index (χ2v) is 6.05. The highest BCUT2D eigenvalue weighted by Gasteiger charge is 2.16. The second-order valence-electron chi connectivity index (χ2n) is 6.05. The van der Waals surface area contributed by atoms with E-state index in [4.69, 9.17) is 4.74 Å². The zero-order chi connectivity index (χ0) is 17.7. The van der Waals surface area contributed by atoms with Gasteiger partial charge in [-0.05, 0) is 44.4 Å². The van der Waals surface area contributed by atoms with Crippen LogP contribution < -0.4 is 5.32 Å². The fraction of sp³-hybridized carbons (Fsp3) is 0.300. The Morgan fingerprint density at radius 3 is 2.21 bits per heavy atom. The zero-order valence-corrected chi connectivity index (χ0v) is 14.6. The topological polar surface area (TPSA) is 55.4 Å². The molecule has 0 aromatic heterocycles. The first kappa shape index (κ1) is 17.7. The smallest absolute Gasteiger partial charge is 0.339 e. The molecule has 0 radical (unpaired) electrons. The van der Waals surface area contributed by atoms with Crippen molar-refractivity contribution in [3.8, 4) is 0 Å². The van der Waals surface area contributed by atoms with Crippen molar-refractivity contribution in [2.24, 2.45) is 0 Å². The minimum absolute atomic E-state index is 0.139. The predicted octanol–water partition coefficient (Wildman–Crippen LogP) is 3.65. The highest BCUT2D eigenvalue weighted by Crippen LogP contribution is 2.17. The Labute approximate surface area is 142 Å². The number of carbonyl (C=O) groups excluding carboxylic acids is 2. The molecule has 1 N–H and O–H groups in total. The van der Waals surface area contributed by atoms with Gasteiger partial charge in [-0.25, -0.2) is 4.79 Å². The maximum atomic E-state index is 12.3. The number of rotatable bonds is 5. The van der Waals surface area contributed by atoms with Gasteiger partial charge < -0.3 is 10.1 Å². The molecule has 1 amide bonds. The van der Waals surface area contributed by atoms with E-state index in [-0.39, 0.29) is 18.6 Å². The van der Waals surface area contributed by atoms with Crippen LogP contribution in [-0.2, 0) is 9.53 Å². The number of carbonyl (C=O) groups is 2. The normalized spacial score (nSPS) is 11.7. The Morgan fingerprint density at radius 1 is 1.04 bits per heavy atom. The van der Waals surface area contributed by atoms with E-state index in [0.717, 1.165) is 22.3 Å². The number of hydrogen-bond acceptors (Lipinski definition) is 3. The van der Waals surface area contributed by atoms with Gasteiger partial charge in [-0.15, -0.1) is 0 Å². The van der Waals surface area contributed by atoms with Crippen molar-refractivity contribution in [3.63, 3.8) is 0 Å². The Morgan fingerprint density at radius 2 is 1.62 bits per heavy atom. The number of nitrogens with one attached hydrogen (secondary N) is 1. The second kappa shape index (κ2) is 7.77. The molecule has 0 saturated carbocycles. The molecule has 0 saturated heterocycles. The lowest BCUT2D eigenvalue weighted by Gasteiger charge is -2.15. The van der Waals surface area contributed by atoms with Crippen molar-refractivity contribution in [3.05, 3.63) is 70.3 Å². The number of hydrogen-bond donors (Lipinski definition) is 1. The summed E-state index contributed by atoms with van der Waals surface area (Å²) < 4.78 is 5.18. The van der Waals surface area contributed by atoms with Crippen molar-refractivity contribution in [2.45, 2.75) is 33.7 Å². The first-order valence-corrected chi connectivity index (χ1v) is 7.97. The van der Waals surface area contributed by atoms with Crippen molar-refractivity contribution < 1.29 is 14.3 Å². The number of amides is 1. The predicted molar refractivity (Wildman–Crippen MR) is 93.9 cm³/mol. The van der Waals surface area contributed by atoms with Crippen molar-refractivity contribution in [1.82, 2.24) is 5.32 Å². The molecule has 0 unspecified atom stereocenters. The molecule has 24 heavy (non-hydrogen) atoms. The highest BCUT2D eigenvalue weighted by molar-refractivity contribution is 5.94. The van der Waals surface area contributed by atoms with Crippen LogP contribution in [0.15, 0.2) is 42.5 Å². The van der Waals surface area contributed by atoms with E-state index in [1.165, 1.54) is 0 Å². The van der Waals surface area contributed by atoms with Gasteiger partial charge in [-0.1, -0.05) is 48.0 Å². The first-order valence-electron chi connectivity index (χ1n) is 7.97. The fourth-order valence-corrected chi connectivity index (χ4v) is 2.81. The summed E-state index contributed by atoms with van der Waals surface area (Å²) in [5.41, 5.74) is 4.34. The standard InChI is InChI=1S/C20H23NO3/c1-13-10-14(2)19(15(3)11-13)20(23)24-12-18(22)21-16(4)17-8-6-5-7-9-17/h5-11,16H,12H2,1-4H3,(H,21,22)/t16-/m1/s1. The van der Waals surface area contributed by atoms with E-state index in [0.29, 0.717) is 5.56 Å². The lowest BCUT2D eigenvalue weighted by molar-refractivity contribution is -0.124. The summed E-state index contributed by atoms with van der Waals surface area (Å²) in [6.45, 7) is 7.32. The molecule has 2 aromatic rings. The van der Waals surface area contributed by atoms with Crippen LogP contribution in [0.4, 0.5) is 0 Å². The summed E-state index contributed by atoms with van der Waals surface area (Å²) >= 11 is 0. The highest BCUT2D eigenvalue weighted by atomic mass is 16.5. The Balaban J connectivity index is 1.93. The number of benzene rings is 2. The monoisotopic (exact) mass is 325 g/mol. The maximum Gasteiger partial charge on any atom is 0.339 e. The van der Waals surface area contributed by atoms with Gasteiger partial charge in [-0.2, -0.15) is 0 Å². The van der Waals surface area contributed by atoms with Crippen molar-refractivity contribution >= 4 is 11.9 Å². The fourth-order valence-electron chi connectivity index (χ4n) is 2.81. The summed E-state index contributed by atoms with van der Waals surface area (Å²) in [5.74, 6) is -0.783. The molecule has 126 valence electrons. The van der Waals surface area contributed by atoms with E-state index in [2.05, 4.69) is 5.32 Å². The van der Waals surface area contributed by atoms with Crippen molar-refractivity contribution in [2.75, 3.05) is 6.61 Å². The van der Waals surface area contributed by atoms with Gasteiger partial charge in [0.2, 0.25) is 0 Å². The van der Waals surface area contributed by atoms with Gasteiger partial charge in [0.15, 0.2) is 6.61 Å². The van der Waals surface area contributed by atoms with Crippen LogP contribution in [0.5, 0.6) is 0 Å². The maximum absolute atomic E-state index is 12.3. The third-order valence-electron chi connectivity index (χ3n) is 3.89. The summed E-state index contributed by atoms with van der Waals surface area (Å²) in [6.07, 6.45) is 0. The van der Waals surface area contributed by atoms with Gasteiger partial charge >= 0.3 is 5.97 Å². The SMILES string of the molecule is Cc1cc(C)c(C(=O)OCC(=O)N[C@H](C)c2ccccc2)c(C)c1. The van der Waals surface area contributed by atoms with E-state index in [1.807, 2.05) is 70.2 Å². The average molecular weight is 325 g/mol. The van der Waals surface area contributed by atoms with E-state index < -0.39 is 5.97 Å². The Hall–Kier alpha value is -2.62. The molecular formula is C20H23NO3. The molecule has 1 atom stereocenters. The molecule has 0 heterocycles. The van der Waals surface area contributed by atoms with Crippen LogP contribution in [0, 0.1) is 20.8 Å². The summed E-state index contributed by atoms with van der Waals surface area (Å²) in [4.78, 5) is 24.3. The lowest BCUT2D eigenvalue weighted by atomic mass is 10.00. The molecule has 2 rings (SSSR count). The summed E-state index contributed by atoms with van der Waals surface area (Å²) in [5, 5.41) is 2.83. The molecule has 0 bridgehead atoms. The third kappa shape index (κ3) is 4.44. The molecule has 4 heteroatoms. The van der Waals surface area contributed by atoms with Gasteiger partial charge in [-0.3, -0.25) is 4.79 Å². The minimum atomic E-state index is -0.465. The van der Waals surface area contributed by atoms with Gasteiger partial charge in [0.25, 0.3) is 5.91 Å². The lowest BCUT2D eigenvalue weighted by Crippen LogP contribution is -2.31. The molecule has 2 aromatic carbocycles. The first-order chi connectivity index (χ1) is 11.4. The molecule has 4 nitrogen and oxygen atoms in total. The van der Waals surface area contributed by atoms with Crippen LogP contribution >= 0.6 is 0 Å². The molecular weight excluding hydrogens is 302 g/mol. The quantitative estimate of drug-likeness (QED) is 0.854. The molecule has 0 fully saturated rings. The molecule has 0 aliphatic rings. The van der Waals surface area contributed by atoms with Gasteiger partial charge in [0.05, 0.1) is 11.6 Å². The zero-order valence-electron chi connectivity index (χ0n) is 14.6. The van der Waals surface area contributed by atoms with Crippen molar-refractivity contribution in [1.29, 1.82) is 0 Å². The summed E-state index contributed by atoms with van der Waals surface area (Å²) in [7, 11) is 0. The average Bonchev–Trinajstić information content (AvgIpc) is 2.52. The number of aryl methyl sites for hydroxylation is 3. The van der Waals surface area contributed by atoms with E-state index in [1.54, 1.807) is 0 Å². The third-order valence-corrected chi connectivity index (χ3v) is 3.89. The van der Waals surface area contributed by atoms with Gasteiger partial charge in [0.1, 0.15) is 0 Å². The van der Waals surface area contributed by atoms with Crippen LogP contribution in [-0.4, -0.2) is 18.5 Å². The molecule has 0 aliphatic carbocycles. The summed E-state index contributed by atoms with van der Waals surface area (Å²) in [6, 6.07) is 13.4. The molecule has 0 aliphatic heterocycles. The Bertz CT molecular complexity index is 715. The number of esters is 1. The Kier molecular flexibility index (Phi) is 5.74. The van der Waals surface area contributed by atoms with E-state index >= 15 is 0 Å². The van der Waals surface area contributed by atoms with Gasteiger partial charge in [0, 0.05) is 0 Å². The number of ether oxygens (including phenoxy) is 1. The largest absolute Gasteiger partial charge is 0.452 e. The van der Waals surface area contributed by atoms with Crippen LogP contribution in [0.1, 0.15) is 45.6 Å². The minimum Gasteiger partial charge on any atom is -0.452 e. The van der Waals surface area contributed by atoms with Crippen LogP contribution in [0.3, 0.4) is 0 Å². The van der Waals surface area contributed by atoms with E-state index in [9.17, 15) is 9.59 Å². The van der Waals surface area contributed by atoms with Crippen LogP contribution in [0.25, 0.3) is 0 Å². The van der Waals surface area contributed by atoms with Crippen LogP contribution in [0.2, 0.25) is 0 Å². The molecule has 0 spiro atoms.